The summed E-state index contributed by atoms with van der Waals surface area (Å²) in [6, 6.07) is 38.5. The molecule has 264 valence electrons. The van der Waals surface area contributed by atoms with Gasteiger partial charge >= 0.3 is 0 Å². The van der Waals surface area contributed by atoms with Crippen LogP contribution in [0.5, 0.6) is 11.5 Å². The molecule has 0 atom stereocenters. The Hall–Kier alpha value is -4.60. The molecule has 0 aliphatic carbocycles. The third-order valence-electron chi connectivity index (χ3n) is 9.29. The van der Waals surface area contributed by atoms with E-state index < -0.39 is 0 Å². The number of ether oxygens (including phenoxy) is 1. The fraction of sp³-hybridized carbons (Fsp3) is 0.244. The third kappa shape index (κ3) is 7.28. The van der Waals surface area contributed by atoms with E-state index in [1.54, 1.807) is 0 Å². The van der Waals surface area contributed by atoms with Crippen molar-refractivity contribution in [1.82, 2.24) is 9.78 Å². The summed E-state index contributed by atoms with van der Waals surface area (Å²) in [7, 11) is 0. The minimum atomic E-state index is -0.0914. The molecule has 6 aromatic rings. The summed E-state index contributed by atoms with van der Waals surface area (Å²) in [4.78, 5) is 4.65. The second-order valence-corrected chi connectivity index (χ2v) is 15.4. The number of aryl methyl sites for hydroxylation is 3. The monoisotopic (exact) mass is 852 g/mol. The van der Waals surface area contributed by atoms with Crippen molar-refractivity contribution >= 4 is 22.7 Å². The standard InChI is InChI=1S/C45H45N4O.Pt/c1-30-21-31(2)42(32(3)22-30)48-29-47(41-24-35(44(4,5)6)23-40(43(41)48)45(7,8)9)36-17-13-19-38(25-36)50-39-20-14-18-37(26-39)49-28-34(27-46-49)33-15-11-10-12-16-33;/h10-24,27-29H,1-9H3;/q-3;. The Bertz CT molecular complexity index is 2170. The number of nitrogens with zero attached hydrogens (tertiary/aromatic N) is 4. The average Bonchev–Trinajstić information content (AvgIpc) is 3.70. The molecule has 1 aliphatic heterocycles. The van der Waals surface area contributed by atoms with E-state index in [9.17, 15) is 0 Å². The van der Waals surface area contributed by atoms with Gasteiger partial charge in [-0.2, -0.15) is 17.2 Å². The molecule has 6 heteroatoms. The van der Waals surface area contributed by atoms with Gasteiger partial charge in [0.05, 0.1) is 6.20 Å². The van der Waals surface area contributed by atoms with Crippen LogP contribution in [0.4, 0.5) is 22.7 Å². The SMILES string of the molecule is Cc1cc(C)c(N2[CH-]N(c3[c-]c(Oc4[c-]c(-n5cc(-c6ccccc6)cn5)ccc4)ccc3)c3cc(C(C)(C)C)cc(C(C)(C)C)c32)c(C)c1.[Pt]. The smallest absolute Gasteiger partial charge is 0.0571 e. The molecule has 0 unspecified atom stereocenters. The van der Waals surface area contributed by atoms with Crippen molar-refractivity contribution < 1.29 is 25.8 Å². The number of rotatable bonds is 6. The van der Waals surface area contributed by atoms with Crippen LogP contribution in [-0.2, 0) is 31.9 Å². The van der Waals surface area contributed by atoms with Gasteiger partial charge in [-0.25, -0.2) is 0 Å². The van der Waals surface area contributed by atoms with E-state index in [4.69, 9.17) is 4.74 Å². The minimum Gasteiger partial charge on any atom is -0.509 e. The molecule has 5 nitrogen and oxygen atoms in total. The normalized spacial score (nSPS) is 12.9. The summed E-state index contributed by atoms with van der Waals surface area (Å²) in [6.07, 6.45) is 3.89. The first-order valence-electron chi connectivity index (χ1n) is 17.3. The molecule has 7 rings (SSSR count). The zero-order valence-corrected chi connectivity index (χ0v) is 33.2. The van der Waals surface area contributed by atoms with Crippen LogP contribution in [0.25, 0.3) is 16.8 Å². The maximum Gasteiger partial charge on any atom is 0.0571 e. The maximum atomic E-state index is 6.43. The second-order valence-electron chi connectivity index (χ2n) is 15.4. The molecular weight excluding hydrogens is 808 g/mol. The van der Waals surface area contributed by atoms with E-state index in [0.717, 1.165) is 28.2 Å². The molecule has 51 heavy (non-hydrogen) atoms. The van der Waals surface area contributed by atoms with Crippen molar-refractivity contribution in [3.8, 4) is 28.3 Å². The van der Waals surface area contributed by atoms with Gasteiger partial charge in [0.15, 0.2) is 0 Å². The Morgan fingerprint density at radius 3 is 1.90 bits per heavy atom. The Morgan fingerprint density at radius 2 is 1.27 bits per heavy atom. The van der Waals surface area contributed by atoms with E-state index in [1.807, 2.05) is 65.6 Å². The van der Waals surface area contributed by atoms with Gasteiger partial charge in [0.2, 0.25) is 0 Å². The molecular formula is C45H45N4OPt-3. The van der Waals surface area contributed by atoms with Crippen LogP contribution in [0.3, 0.4) is 0 Å². The summed E-state index contributed by atoms with van der Waals surface area (Å²) in [6.45, 7) is 22.6. The second kappa shape index (κ2) is 13.8. The van der Waals surface area contributed by atoms with Crippen LogP contribution < -0.4 is 14.5 Å². The minimum absolute atomic E-state index is 0. The first-order valence-corrected chi connectivity index (χ1v) is 17.3. The van der Waals surface area contributed by atoms with E-state index in [1.165, 1.54) is 39.2 Å². The van der Waals surface area contributed by atoms with Crippen LogP contribution in [0.1, 0.15) is 69.4 Å². The van der Waals surface area contributed by atoms with E-state index in [-0.39, 0.29) is 31.9 Å². The summed E-state index contributed by atoms with van der Waals surface area (Å²) in [5.74, 6) is 1.21. The van der Waals surface area contributed by atoms with Gasteiger partial charge in [-0.15, -0.1) is 48.8 Å². The fourth-order valence-corrected chi connectivity index (χ4v) is 6.83. The molecule has 0 N–H and O–H groups in total. The molecule has 1 aliphatic rings. The molecule has 0 spiro atoms. The number of hydrogen-bond donors (Lipinski definition) is 0. The van der Waals surface area contributed by atoms with Crippen molar-refractivity contribution in [3.63, 3.8) is 0 Å². The van der Waals surface area contributed by atoms with Crippen LogP contribution in [-0.4, -0.2) is 9.78 Å². The van der Waals surface area contributed by atoms with E-state index in [2.05, 4.69) is 138 Å². The van der Waals surface area contributed by atoms with E-state index in [0.29, 0.717) is 11.5 Å². The summed E-state index contributed by atoms with van der Waals surface area (Å²) >= 11 is 0. The van der Waals surface area contributed by atoms with Crippen molar-refractivity contribution in [2.24, 2.45) is 0 Å². The average molecular weight is 853 g/mol. The predicted molar refractivity (Wildman–Crippen MR) is 206 cm³/mol. The quantitative estimate of drug-likeness (QED) is 0.156. The number of fused-ring (bicyclic) bond motifs is 1. The van der Waals surface area contributed by atoms with Gasteiger partial charge < -0.3 is 14.5 Å². The number of aromatic nitrogens is 2. The van der Waals surface area contributed by atoms with Gasteiger partial charge in [-0.05, 0) is 71.2 Å². The van der Waals surface area contributed by atoms with Crippen LogP contribution in [0.2, 0.25) is 0 Å². The predicted octanol–water partition coefficient (Wildman–Crippen LogP) is 11.9. The van der Waals surface area contributed by atoms with Crippen molar-refractivity contribution in [1.29, 1.82) is 0 Å². The van der Waals surface area contributed by atoms with Crippen LogP contribution >= 0.6 is 0 Å². The van der Waals surface area contributed by atoms with Crippen LogP contribution in [0.15, 0.2) is 103 Å². The molecule has 0 radical (unpaired) electrons. The molecule has 5 aromatic carbocycles. The van der Waals surface area contributed by atoms with Crippen molar-refractivity contribution in [3.05, 3.63) is 150 Å². The summed E-state index contributed by atoms with van der Waals surface area (Å²) < 4.78 is 8.26. The summed E-state index contributed by atoms with van der Waals surface area (Å²) in [5, 5.41) is 4.60. The van der Waals surface area contributed by atoms with E-state index >= 15 is 0 Å². The first kappa shape index (κ1) is 36.2. The van der Waals surface area contributed by atoms with Gasteiger partial charge in [0.1, 0.15) is 0 Å². The Kier molecular flexibility index (Phi) is 9.83. The maximum absolute atomic E-state index is 6.43. The number of hydrogen-bond acceptors (Lipinski definition) is 4. The zero-order valence-electron chi connectivity index (χ0n) is 30.9. The Labute approximate surface area is 318 Å². The molecule has 0 saturated heterocycles. The zero-order chi connectivity index (χ0) is 35.4. The van der Waals surface area contributed by atoms with Gasteiger partial charge in [0.25, 0.3) is 0 Å². The Morgan fingerprint density at radius 1 is 0.647 bits per heavy atom. The van der Waals surface area contributed by atoms with Gasteiger partial charge in [0, 0.05) is 61.4 Å². The van der Waals surface area contributed by atoms with Crippen LogP contribution in [0, 0.1) is 39.6 Å². The number of benzene rings is 5. The molecule has 0 fully saturated rings. The molecule has 0 amide bonds. The first-order chi connectivity index (χ1) is 23.8. The molecule has 0 saturated carbocycles. The fourth-order valence-electron chi connectivity index (χ4n) is 6.83. The molecule has 1 aromatic heterocycles. The number of anilines is 4. The summed E-state index contributed by atoms with van der Waals surface area (Å²) in [5.41, 5.74) is 13.7. The van der Waals surface area contributed by atoms with Crippen molar-refractivity contribution in [2.75, 3.05) is 9.80 Å². The third-order valence-corrected chi connectivity index (χ3v) is 9.29. The Balaban J connectivity index is 0.00000448. The largest absolute Gasteiger partial charge is 0.509 e. The topological polar surface area (TPSA) is 33.5 Å². The van der Waals surface area contributed by atoms with Crippen molar-refractivity contribution in [2.45, 2.75) is 73.1 Å². The molecule has 0 bridgehead atoms. The van der Waals surface area contributed by atoms with Gasteiger partial charge in [-0.1, -0.05) is 95.6 Å². The van der Waals surface area contributed by atoms with Gasteiger partial charge in [-0.3, -0.25) is 4.68 Å². The molecule has 2 heterocycles.